The van der Waals surface area contributed by atoms with Gasteiger partial charge in [-0.25, -0.2) is 18.2 Å². The lowest BCUT2D eigenvalue weighted by atomic mass is 10.0. The van der Waals surface area contributed by atoms with Crippen molar-refractivity contribution in [2.24, 2.45) is 5.92 Å². The van der Waals surface area contributed by atoms with Crippen LogP contribution in [0.1, 0.15) is 26.3 Å². The molecule has 0 bridgehead atoms. The van der Waals surface area contributed by atoms with Gasteiger partial charge in [0.2, 0.25) is 0 Å². The number of hydrogen-bond acceptors (Lipinski definition) is 6. The van der Waals surface area contributed by atoms with E-state index in [2.05, 4.69) is 10.7 Å². The van der Waals surface area contributed by atoms with Gasteiger partial charge in [-0.15, -0.1) is 0 Å². The van der Waals surface area contributed by atoms with Crippen molar-refractivity contribution in [3.8, 4) is 0 Å². The van der Waals surface area contributed by atoms with E-state index in [1.807, 2.05) is 6.07 Å². The van der Waals surface area contributed by atoms with Gasteiger partial charge in [-0.1, -0.05) is 42.5 Å². The fourth-order valence-corrected chi connectivity index (χ4v) is 6.53. The minimum atomic E-state index is -3.23. The van der Waals surface area contributed by atoms with Gasteiger partial charge in [0.05, 0.1) is 17.2 Å². The fraction of sp³-hybridized carbons (Fsp3) is 0.200. The van der Waals surface area contributed by atoms with Gasteiger partial charge in [0.25, 0.3) is 5.91 Å². The van der Waals surface area contributed by atoms with Crippen LogP contribution in [-0.4, -0.2) is 43.8 Å². The molecule has 9 heteroatoms. The standard InChI is InChI=1S/C25H22FN3O4S/c26-19-10-12-20(13-11-19)29-24(21-14-34(32,33)15-22(21)28-29)27-25(31)18-8-6-17(7-9-18)23(30)16-4-2-1-3-5-16/h1-13,21-22,24,28H,14-15H2,(H,27,31). The molecule has 3 unspecified atom stereocenters. The van der Waals surface area contributed by atoms with Crippen molar-refractivity contribution in [1.82, 2.24) is 10.7 Å². The number of benzene rings is 3. The van der Waals surface area contributed by atoms with Crippen molar-refractivity contribution in [1.29, 1.82) is 0 Å². The Morgan fingerprint density at radius 3 is 2.15 bits per heavy atom. The molecule has 0 radical (unpaired) electrons. The summed E-state index contributed by atoms with van der Waals surface area (Å²) in [5, 5.41) is 4.62. The molecule has 2 aliphatic rings. The zero-order valence-corrected chi connectivity index (χ0v) is 18.8. The number of nitrogens with zero attached hydrogens (tertiary/aromatic N) is 1. The maximum Gasteiger partial charge on any atom is 0.252 e. The van der Waals surface area contributed by atoms with Crippen molar-refractivity contribution in [2.75, 3.05) is 16.5 Å². The summed E-state index contributed by atoms with van der Waals surface area (Å²) >= 11 is 0. The number of carbonyl (C=O) groups is 2. The lowest BCUT2D eigenvalue weighted by Gasteiger charge is -2.29. The molecule has 5 rings (SSSR count). The van der Waals surface area contributed by atoms with Gasteiger partial charge in [-0.05, 0) is 36.4 Å². The summed E-state index contributed by atoms with van der Waals surface area (Å²) in [6.07, 6.45) is -0.647. The third kappa shape index (κ3) is 4.32. The van der Waals surface area contributed by atoms with E-state index in [1.165, 1.54) is 12.1 Å². The molecule has 0 saturated carbocycles. The minimum absolute atomic E-state index is 0.0297. The van der Waals surface area contributed by atoms with E-state index in [9.17, 15) is 22.4 Å². The molecule has 2 fully saturated rings. The van der Waals surface area contributed by atoms with Gasteiger partial charge >= 0.3 is 0 Å². The molecule has 2 aliphatic heterocycles. The highest BCUT2D eigenvalue weighted by Gasteiger charge is 2.50. The second kappa shape index (κ2) is 8.66. The summed E-state index contributed by atoms with van der Waals surface area (Å²) < 4.78 is 37.8. The van der Waals surface area contributed by atoms with Crippen LogP contribution in [0.5, 0.6) is 0 Å². The average Bonchev–Trinajstić information content (AvgIpc) is 3.32. The highest BCUT2D eigenvalue weighted by molar-refractivity contribution is 7.91. The van der Waals surface area contributed by atoms with Crippen LogP contribution in [0.25, 0.3) is 0 Å². The maximum atomic E-state index is 13.4. The van der Waals surface area contributed by atoms with Crippen molar-refractivity contribution in [3.63, 3.8) is 0 Å². The largest absolute Gasteiger partial charge is 0.330 e. The number of carbonyl (C=O) groups excluding carboxylic acids is 2. The van der Waals surface area contributed by atoms with Crippen molar-refractivity contribution in [3.05, 3.63) is 101 Å². The van der Waals surface area contributed by atoms with Crippen LogP contribution in [0, 0.1) is 11.7 Å². The third-order valence-corrected chi connectivity index (χ3v) is 7.97. The number of anilines is 1. The molecule has 3 atom stereocenters. The van der Waals surface area contributed by atoms with Gasteiger partial charge in [0, 0.05) is 28.7 Å². The first-order valence-electron chi connectivity index (χ1n) is 10.8. The topological polar surface area (TPSA) is 95.6 Å². The Balaban J connectivity index is 1.37. The number of nitrogens with one attached hydrogen (secondary N) is 2. The molecule has 3 aromatic carbocycles. The number of hydrazine groups is 1. The molecule has 7 nitrogen and oxygen atoms in total. The van der Waals surface area contributed by atoms with Gasteiger partial charge in [0.1, 0.15) is 12.0 Å². The Morgan fingerprint density at radius 1 is 0.853 bits per heavy atom. The van der Waals surface area contributed by atoms with Crippen LogP contribution in [0.3, 0.4) is 0 Å². The number of ketones is 1. The molecular weight excluding hydrogens is 457 g/mol. The van der Waals surface area contributed by atoms with E-state index < -0.39 is 27.7 Å². The van der Waals surface area contributed by atoms with Crippen molar-refractivity contribution in [2.45, 2.75) is 12.2 Å². The summed E-state index contributed by atoms with van der Waals surface area (Å²) in [6, 6.07) is 20.6. The lowest BCUT2D eigenvalue weighted by Crippen LogP contribution is -2.51. The van der Waals surface area contributed by atoms with Crippen LogP contribution in [0.4, 0.5) is 10.1 Å². The van der Waals surface area contributed by atoms with Gasteiger partial charge in [0.15, 0.2) is 15.6 Å². The molecule has 0 spiro atoms. The molecule has 1 amide bonds. The molecule has 2 saturated heterocycles. The molecular formula is C25H22FN3O4S. The van der Waals surface area contributed by atoms with E-state index in [0.717, 1.165) is 0 Å². The summed E-state index contributed by atoms with van der Waals surface area (Å²) in [5.74, 6) is -1.39. The van der Waals surface area contributed by atoms with E-state index in [-0.39, 0.29) is 29.2 Å². The molecule has 174 valence electrons. The Hall–Kier alpha value is -3.56. The normalized spacial score (nSPS) is 22.9. The smallest absolute Gasteiger partial charge is 0.252 e. The summed E-state index contributed by atoms with van der Waals surface area (Å²) in [7, 11) is -3.23. The first-order chi connectivity index (χ1) is 16.3. The average molecular weight is 480 g/mol. The number of amides is 1. The van der Waals surface area contributed by atoms with Gasteiger partial charge in [-0.2, -0.15) is 0 Å². The van der Waals surface area contributed by atoms with Crippen LogP contribution < -0.4 is 15.8 Å². The van der Waals surface area contributed by atoms with Gasteiger partial charge < -0.3 is 5.32 Å². The van der Waals surface area contributed by atoms with E-state index in [1.54, 1.807) is 65.7 Å². The van der Waals surface area contributed by atoms with E-state index in [0.29, 0.717) is 22.4 Å². The zero-order chi connectivity index (χ0) is 23.9. The summed E-state index contributed by atoms with van der Waals surface area (Å²) in [6.45, 7) is 0. The predicted octanol–water partition coefficient (Wildman–Crippen LogP) is 2.55. The molecule has 3 aromatic rings. The van der Waals surface area contributed by atoms with Gasteiger partial charge in [-0.3, -0.25) is 14.6 Å². The van der Waals surface area contributed by atoms with E-state index in [4.69, 9.17) is 0 Å². The number of halogens is 1. The maximum absolute atomic E-state index is 13.4. The van der Waals surface area contributed by atoms with Crippen LogP contribution in [0.2, 0.25) is 0 Å². The SMILES string of the molecule is O=C(NC1C2CS(=O)(=O)CC2NN1c1ccc(F)cc1)c1ccc(C(=O)c2ccccc2)cc1. The number of hydrogen-bond donors (Lipinski definition) is 2. The number of fused-ring (bicyclic) bond motifs is 1. The molecule has 0 aliphatic carbocycles. The van der Waals surface area contributed by atoms with Crippen LogP contribution in [-0.2, 0) is 9.84 Å². The first-order valence-corrected chi connectivity index (χ1v) is 12.6. The number of rotatable bonds is 5. The fourth-order valence-electron chi connectivity index (χ4n) is 4.52. The summed E-state index contributed by atoms with van der Waals surface area (Å²) in [4.78, 5) is 25.7. The Morgan fingerprint density at radius 2 is 1.47 bits per heavy atom. The van der Waals surface area contributed by atoms with Crippen molar-refractivity contribution < 1.29 is 22.4 Å². The minimum Gasteiger partial charge on any atom is -0.330 e. The predicted molar refractivity (Wildman–Crippen MR) is 126 cm³/mol. The molecule has 2 N–H and O–H groups in total. The first kappa shape index (κ1) is 22.2. The second-order valence-corrected chi connectivity index (χ2v) is 10.7. The highest BCUT2D eigenvalue weighted by Crippen LogP contribution is 2.33. The van der Waals surface area contributed by atoms with Crippen LogP contribution >= 0.6 is 0 Å². The lowest BCUT2D eigenvalue weighted by molar-refractivity contribution is 0.0928. The monoisotopic (exact) mass is 479 g/mol. The van der Waals surface area contributed by atoms with E-state index >= 15 is 0 Å². The quantitative estimate of drug-likeness (QED) is 0.546. The zero-order valence-electron chi connectivity index (χ0n) is 18.0. The Bertz CT molecular complexity index is 1330. The van der Waals surface area contributed by atoms with Crippen molar-refractivity contribution >= 4 is 27.2 Å². The third-order valence-electron chi connectivity index (χ3n) is 6.21. The summed E-state index contributed by atoms with van der Waals surface area (Å²) in [5.41, 5.74) is 5.13. The molecule has 0 aromatic heterocycles. The Kier molecular flexibility index (Phi) is 5.66. The Labute approximate surface area is 196 Å². The number of sulfone groups is 1. The second-order valence-electron chi connectivity index (χ2n) is 8.51. The highest BCUT2D eigenvalue weighted by atomic mass is 32.2. The molecule has 34 heavy (non-hydrogen) atoms. The molecule has 2 heterocycles. The van der Waals surface area contributed by atoms with Crippen LogP contribution in [0.15, 0.2) is 78.9 Å².